The van der Waals surface area contributed by atoms with Gasteiger partial charge >= 0.3 is 0 Å². The lowest BCUT2D eigenvalue weighted by Gasteiger charge is -2.10. The van der Waals surface area contributed by atoms with E-state index < -0.39 is 0 Å². The van der Waals surface area contributed by atoms with Crippen molar-refractivity contribution in [3.05, 3.63) is 70.8 Å². The van der Waals surface area contributed by atoms with Crippen LogP contribution in [0.3, 0.4) is 0 Å². The van der Waals surface area contributed by atoms with E-state index in [1.807, 2.05) is 0 Å². The quantitative estimate of drug-likeness (QED) is 0.410. The SMILES string of the molecule is CC1CNC(Cl)Cc2ccccc21.C[C@H]1CNC(Cl)Cc2ccccc21.Cl.Cl.O. The van der Waals surface area contributed by atoms with Gasteiger partial charge in [-0.05, 0) is 34.1 Å². The van der Waals surface area contributed by atoms with Crippen LogP contribution in [0.5, 0.6) is 0 Å². The highest BCUT2D eigenvalue weighted by atomic mass is 35.5. The van der Waals surface area contributed by atoms with Crippen molar-refractivity contribution in [2.45, 2.75) is 49.5 Å². The molecule has 3 unspecified atom stereocenters. The third-order valence-corrected chi connectivity index (χ3v) is 5.88. The standard InChI is InChI=1S/2C11H14ClN.2ClH.H2O/c2*1-8-7-13-11(12)6-9-4-2-3-5-10(8)9;;;/h2*2-5,8,11,13H,6-7H2,1H3;2*1H;1H2/t8-,11?;;;;/m0..../s1. The summed E-state index contributed by atoms with van der Waals surface area (Å²) >= 11 is 12.2. The highest BCUT2D eigenvalue weighted by molar-refractivity contribution is 6.20. The molecule has 0 bridgehead atoms. The number of benzene rings is 2. The Bertz CT molecular complexity index is 670. The summed E-state index contributed by atoms with van der Waals surface area (Å²) in [6, 6.07) is 17.1. The predicted molar refractivity (Wildman–Crippen MR) is 131 cm³/mol. The summed E-state index contributed by atoms with van der Waals surface area (Å²) in [7, 11) is 0. The zero-order valence-corrected chi connectivity index (χ0v) is 20.0. The van der Waals surface area contributed by atoms with Gasteiger partial charge in [-0.1, -0.05) is 62.4 Å². The number of nitrogens with one attached hydrogen (secondary N) is 2. The van der Waals surface area contributed by atoms with Crippen molar-refractivity contribution >= 4 is 48.0 Å². The third-order valence-electron chi connectivity index (χ3n) is 5.26. The van der Waals surface area contributed by atoms with Crippen LogP contribution in [-0.4, -0.2) is 29.6 Å². The minimum Gasteiger partial charge on any atom is -0.412 e. The molecule has 2 aliphatic heterocycles. The minimum absolute atomic E-state index is 0. The smallest absolute Gasteiger partial charge is 0.0866 e. The highest BCUT2D eigenvalue weighted by Crippen LogP contribution is 2.25. The average Bonchev–Trinajstić information content (AvgIpc) is 2.88. The molecule has 4 atom stereocenters. The second-order valence-corrected chi connectivity index (χ2v) is 8.41. The molecule has 0 spiro atoms. The van der Waals surface area contributed by atoms with Crippen LogP contribution in [0.1, 0.15) is 47.9 Å². The molecule has 2 heterocycles. The largest absolute Gasteiger partial charge is 0.412 e. The summed E-state index contributed by atoms with van der Waals surface area (Å²) in [5.41, 5.74) is 5.84. The first-order valence-electron chi connectivity index (χ1n) is 9.45. The van der Waals surface area contributed by atoms with E-state index in [4.69, 9.17) is 23.2 Å². The first kappa shape index (κ1) is 28.5. The van der Waals surface area contributed by atoms with E-state index in [1.165, 1.54) is 22.3 Å². The molecule has 7 heteroatoms. The van der Waals surface area contributed by atoms with Crippen LogP contribution in [0.2, 0.25) is 0 Å². The third kappa shape index (κ3) is 7.91. The molecule has 0 aromatic heterocycles. The van der Waals surface area contributed by atoms with E-state index >= 15 is 0 Å². The Balaban J connectivity index is 0.000000490. The van der Waals surface area contributed by atoms with E-state index in [2.05, 4.69) is 73.0 Å². The van der Waals surface area contributed by atoms with Gasteiger partial charge in [0.2, 0.25) is 0 Å². The van der Waals surface area contributed by atoms with Crippen LogP contribution in [0.4, 0.5) is 0 Å². The van der Waals surface area contributed by atoms with Crippen LogP contribution in [-0.2, 0) is 12.8 Å². The number of hydrogen-bond donors (Lipinski definition) is 2. The monoisotopic (exact) mass is 480 g/mol. The second-order valence-electron chi connectivity index (χ2n) is 7.36. The molecular formula is C22H32Cl4N2O. The van der Waals surface area contributed by atoms with Crippen LogP contribution in [0.25, 0.3) is 0 Å². The van der Waals surface area contributed by atoms with E-state index in [-0.39, 0.29) is 41.3 Å². The van der Waals surface area contributed by atoms with Crippen molar-refractivity contribution in [1.82, 2.24) is 10.6 Å². The van der Waals surface area contributed by atoms with Gasteiger partial charge in [0.05, 0.1) is 11.0 Å². The Labute approximate surface area is 197 Å². The molecule has 0 saturated heterocycles. The van der Waals surface area contributed by atoms with Gasteiger partial charge in [-0.15, -0.1) is 48.0 Å². The van der Waals surface area contributed by atoms with E-state index in [1.54, 1.807) is 0 Å². The zero-order valence-electron chi connectivity index (χ0n) is 16.8. The van der Waals surface area contributed by atoms with Gasteiger partial charge < -0.3 is 16.1 Å². The van der Waals surface area contributed by atoms with Crippen LogP contribution in [0.15, 0.2) is 48.5 Å². The maximum absolute atomic E-state index is 6.10. The lowest BCUT2D eigenvalue weighted by Crippen LogP contribution is -2.26. The van der Waals surface area contributed by atoms with Gasteiger partial charge in [0.1, 0.15) is 0 Å². The number of alkyl halides is 2. The first-order chi connectivity index (χ1) is 12.5. The van der Waals surface area contributed by atoms with Gasteiger partial charge in [-0.2, -0.15) is 0 Å². The maximum atomic E-state index is 6.10. The lowest BCUT2D eigenvalue weighted by molar-refractivity contribution is 0.612. The fourth-order valence-corrected chi connectivity index (χ4v) is 4.27. The van der Waals surface area contributed by atoms with Gasteiger partial charge in [-0.25, -0.2) is 0 Å². The van der Waals surface area contributed by atoms with Crippen molar-refractivity contribution < 1.29 is 5.48 Å². The summed E-state index contributed by atoms with van der Waals surface area (Å²) in [6.07, 6.45) is 1.87. The second kappa shape index (κ2) is 13.7. The average molecular weight is 482 g/mol. The zero-order chi connectivity index (χ0) is 18.5. The normalized spacial score (nSPS) is 25.0. The molecular weight excluding hydrogens is 450 g/mol. The molecule has 0 fully saturated rings. The van der Waals surface area contributed by atoms with E-state index in [0.29, 0.717) is 11.8 Å². The topological polar surface area (TPSA) is 55.6 Å². The van der Waals surface area contributed by atoms with Crippen LogP contribution < -0.4 is 10.6 Å². The number of fused-ring (bicyclic) bond motifs is 2. The first-order valence-corrected chi connectivity index (χ1v) is 10.3. The summed E-state index contributed by atoms with van der Waals surface area (Å²) in [5.74, 6) is 1.14. The molecule has 3 nitrogen and oxygen atoms in total. The summed E-state index contributed by atoms with van der Waals surface area (Å²) in [5, 5.41) is 6.61. The van der Waals surface area contributed by atoms with Crippen molar-refractivity contribution in [1.29, 1.82) is 0 Å². The van der Waals surface area contributed by atoms with Crippen molar-refractivity contribution in [3.63, 3.8) is 0 Å². The molecule has 2 aliphatic rings. The molecule has 4 rings (SSSR count). The fraction of sp³-hybridized carbons (Fsp3) is 0.455. The Morgan fingerprint density at radius 2 is 1.03 bits per heavy atom. The number of halogens is 4. The molecule has 164 valence electrons. The summed E-state index contributed by atoms with van der Waals surface area (Å²) < 4.78 is 0. The molecule has 0 aliphatic carbocycles. The lowest BCUT2D eigenvalue weighted by atomic mass is 9.96. The highest BCUT2D eigenvalue weighted by Gasteiger charge is 2.19. The fourth-order valence-electron chi connectivity index (χ4n) is 3.76. The van der Waals surface area contributed by atoms with Crippen LogP contribution >= 0.6 is 48.0 Å². The van der Waals surface area contributed by atoms with Gasteiger partial charge in [0, 0.05) is 25.9 Å². The molecule has 2 aromatic carbocycles. The molecule has 0 amide bonds. The number of hydrogen-bond acceptors (Lipinski definition) is 2. The number of rotatable bonds is 0. The van der Waals surface area contributed by atoms with Crippen molar-refractivity contribution in [3.8, 4) is 0 Å². The molecule has 0 saturated carbocycles. The Morgan fingerprint density at radius 1 is 0.690 bits per heavy atom. The summed E-state index contributed by atoms with van der Waals surface area (Å²) in [6.45, 7) is 6.43. The van der Waals surface area contributed by atoms with Crippen LogP contribution in [0, 0.1) is 0 Å². The Hall–Kier alpha value is -0.520. The van der Waals surface area contributed by atoms with Crippen molar-refractivity contribution in [2.75, 3.05) is 13.1 Å². The Kier molecular flexibility index (Phi) is 13.5. The van der Waals surface area contributed by atoms with E-state index in [0.717, 1.165) is 25.9 Å². The molecule has 29 heavy (non-hydrogen) atoms. The molecule has 0 radical (unpaired) electrons. The van der Waals surface area contributed by atoms with Gasteiger partial charge in [-0.3, -0.25) is 0 Å². The summed E-state index contributed by atoms with van der Waals surface area (Å²) in [4.78, 5) is 0. The predicted octanol–water partition coefficient (Wildman–Crippen LogP) is 5.02. The van der Waals surface area contributed by atoms with Gasteiger partial charge in [0.15, 0.2) is 0 Å². The van der Waals surface area contributed by atoms with Gasteiger partial charge in [0.25, 0.3) is 0 Å². The molecule has 2 aromatic rings. The maximum Gasteiger partial charge on any atom is 0.0866 e. The Morgan fingerprint density at radius 3 is 1.41 bits per heavy atom. The minimum atomic E-state index is 0. The van der Waals surface area contributed by atoms with E-state index in [9.17, 15) is 0 Å². The molecule has 4 N–H and O–H groups in total. The van der Waals surface area contributed by atoms with Crippen molar-refractivity contribution in [2.24, 2.45) is 0 Å².